The van der Waals surface area contributed by atoms with Gasteiger partial charge >= 0.3 is 11.9 Å². The lowest BCUT2D eigenvalue weighted by Gasteiger charge is -2.31. The molecule has 1 aliphatic rings. The van der Waals surface area contributed by atoms with E-state index in [1.807, 2.05) is 6.92 Å². The van der Waals surface area contributed by atoms with Crippen LogP contribution >= 0.6 is 0 Å². The number of amides is 6. The van der Waals surface area contributed by atoms with Crippen molar-refractivity contribution in [2.75, 3.05) is 0 Å². The van der Waals surface area contributed by atoms with E-state index in [2.05, 4.69) is 31.9 Å². The van der Waals surface area contributed by atoms with Crippen molar-refractivity contribution in [2.45, 2.75) is 162 Å². The van der Waals surface area contributed by atoms with Gasteiger partial charge in [0.15, 0.2) is 5.78 Å². The second kappa shape index (κ2) is 25.4. The minimum Gasteiger partial charge on any atom is -0.481 e. The van der Waals surface area contributed by atoms with Gasteiger partial charge in [0.2, 0.25) is 35.4 Å². The van der Waals surface area contributed by atoms with Crippen molar-refractivity contribution >= 4 is 53.2 Å². The first-order valence-corrected chi connectivity index (χ1v) is 19.7. The summed E-state index contributed by atoms with van der Waals surface area (Å²) in [5.41, 5.74) is 0. The number of hydrogen-bond donors (Lipinski definition) is 8. The third-order valence-electron chi connectivity index (χ3n) is 9.81. The van der Waals surface area contributed by atoms with Crippen molar-refractivity contribution in [3.8, 4) is 0 Å². The number of ketones is 1. The molecule has 6 amide bonds. The summed E-state index contributed by atoms with van der Waals surface area (Å²) in [5.74, 6) is -7.98. The van der Waals surface area contributed by atoms with Crippen molar-refractivity contribution in [1.29, 1.82) is 0 Å². The van der Waals surface area contributed by atoms with Crippen molar-refractivity contribution < 1.29 is 53.4 Å². The van der Waals surface area contributed by atoms with E-state index in [4.69, 9.17) is 0 Å². The quantitative estimate of drug-likeness (QED) is 0.0619. The van der Waals surface area contributed by atoms with Gasteiger partial charge in [-0.3, -0.25) is 43.2 Å². The largest absolute Gasteiger partial charge is 0.481 e. The van der Waals surface area contributed by atoms with E-state index >= 15 is 0 Å². The number of carboxylic acid groups (broad SMARTS) is 2. The van der Waals surface area contributed by atoms with E-state index in [9.17, 15) is 53.4 Å². The number of nitrogens with one attached hydrogen (secondary N) is 6. The molecule has 0 aliphatic heterocycles. The Morgan fingerprint density at radius 3 is 1.70 bits per heavy atom. The molecule has 0 spiro atoms. The van der Waals surface area contributed by atoms with Gasteiger partial charge in [0, 0.05) is 13.3 Å². The van der Waals surface area contributed by atoms with E-state index in [0.29, 0.717) is 19.3 Å². The SMILES string of the molecule is C/C=C/C(=O)[C@H](CC)NC(=O)[C@H](CC1CCCCC1)NC(=O)[C@@H](NC(=O)[C@H](CC(C)C)NC(=O)[C@@H](CCC(=O)O)NC(=O)[C@H](CC(=O)O)NC(C)=O)C(C)CC. The Morgan fingerprint density at radius 2 is 1.18 bits per heavy atom. The number of rotatable bonds is 25. The molecular weight excluding hydrogens is 728 g/mol. The van der Waals surface area contributed by atoms with Crippen molar-refractivity contribution in [3.63, 3.8) is 0 Å². The molecular formula is C39H64N6O11. The molecule has 0 bridgehead atoms. The summed E-state index contributed by atoms with van der Waals surface area (Å²) in [5, 5.41) is 34.0. The van der Waals surface area contributed by atoms with Crippen LogP contribution in [0.2, 0.25) is 0 Å². The summed E-state index contributed by atoms with van der Waals surface area (Å²) in [6, 6.07) is -7.29. The number of aliphatic carboxylic acids is 2. The second-order valence-corrected chi connectivity index (χ2v) is 15.1. The maximum atomic E-state index is 14.0. The fourth-order valence-corrected chi connectivity index (χ4v) is 6.55. The lowest BCUT2D eigenvalue weighted by atomic mass is 9.84. The molecule has 56 heavy (non-hydrogen) atoms. The Hall–Kier alpha value is -4.83. The van der Waals surface area contributed by atoms with Gasteiger partial charge in [-0.05, 0) is 56.4 Å². The van der Waals surface area contributed by atoms with Crippen LogP contribution in [0.15, 0.2) is 12.2 Å². The molecule has 17 heteroatoms. The van der Waals surface area contributed by atoms with Gasteiger partial charge in [0.25, 0.3) is 0 Å². The van der Waals surface area contributed by atoms with Crippen LogP contribution in [0, 0.1) is 17.8 Å². The van der Waals surface area contributed by atoms with E-state index < -0.39 is 109 Å². The lowest BCUT2D eigenvalue weighted by Crippen LogP contribution is -2.61. The first-order valence-electron chi connectivity index (χ1n) is 19.7. The van der Waals surface area contributed by atoms with Gasteiger partial charge in [-0.15, -0.1) is 0 Å². The number of hydrogen-bond acceptors (Lipinski definition) is 9. The standard InChI is InChI=1S/C39H64N6O11/c1-8-14-31(47)26(10-3)41-36(53)29(20-25-15-12-11-13-16-25)44-39(56)34(23(6)9-2)45-38(55)28(19-22(4)5)43-35(52)27(17-18-32(48)49)42-37(54)30(21-33(50)51)40-24(7)46/h8,14,22-23,25-30,34H,9-13,15-21H2,1-7H3,(H,40,46)(H,41,53)(H,42,54)(H,43,52)(H,44,56)(H,45,55)(H,48,49)(H,50,51)/b14-8+/t23?,26-,27+,28-,29-,30-,34-/m0/s1. The molecule has 1 fully saturated rings. The van der Waals surface area contributed by atoms with Crippen LogP contribution in [0.5, 0.6) is 0 Å². The molecule has 1 rings (SSSR count). The summed E-state index contributed by atoms with van der Waals surface area (Å²) in [6.07, 6.45) is 7.22. The average Bonchev–Trinajstić information content (AvgIpc) is 3.12. The average molecular weight is 793 g/mol. The highest BCUT2D eigenvalue weighted by Crippen LogP contribution is 2.27. The fraction of sp³-hybridized carbons (Fsp3) is 0.718. The summed E-state index contributed by atoms with van der Waals surface area (Å²) in [7, 11) is 0. The molecule has 316 valence electrons. The Kier molecular flexibility index (Phi) is 22.3. The van der Waals surface area contributed by atoms with E-state index in [1.165, 1.54) is 6.08 Å². The molecule has 17 nitrogen and oxygen atoms in total. The van der Waals surface area contributed by atoms with Crippen molar-refractivity contribution in [3.05, 3.63) is 12.2 Å². The van der Waals surface area contributed by atoms with Crippen LogP contribution in [0.1, 0.15) is 126 Å². The fourth-order valence-electron chi connectivity index (χ4n) is 6.55. The topological polar surface area (TPSA) is 266 Å². The van der Waals surface area contributed by atoms with E-state index in [-0.39, 0.29) is 24.0 Å². The Labute approximate surface area is 329 Å². The predicted molar refractivity (Wildman–Crippen MR) is 207 cm³/mol. The minimum atomic E-state index is -1.57. The number of allylic oxidation sites excluding steroid dienone is 1. The predicted octanol–water partition coefficient (Wildman–Crippen LogP) is 1.87. The molecule has 0 heterocycles. The van der Waals surface area contributed by atoms with Crippen LogP contribution in [0.4, 0.5) is 0 Å². The highest BCUT2D eigenvalue weighted by Gasteiger charge is 2.36. The Balaban J connectivity index is 3.38. The lowest BCUT2D eigenvalue weighted by molar-refractivity contribution is -0.141. The van der Waals surface area contributed by atoms with Crippen LogP contribution in [0.3, 0.4) is 0 Å². The molecule has 7 atom stereocenters. The molecule has 1 aliphatic carbocycles. The highest BCUT2D eigenvalue weighted by atomic mass is 16.4. The zero-order valence-electron chi connectivity index (χ0n) is 33.9. The number of carbonyl (C=O) groups is 9. The van der Waals surface area contributed by atoms with Gasteiger partial charge < -0.3 is 42.1 Å². The first kappa shape index (κ1) is 49.2. The molecule has 1 unspecified atom stereocenters. The maximum Gasteiger partial charge on any atom is 0.305 e. The van der Waals surface area contributed by atoms with Gasteiger partial charge in [0.1, 0.15) is 30.2 Å². The third kappa shape index (κ3) is 18.2. The molecule has 1 saturated carbocycles. The second-order valence-electron chi connectivity index (χ2n) is 15.1. The summed E-state index contributed by atoms with van der Waals surface area (Å²) >= 11 is 0. The normalized spacial score (nSPS) is 16.9. The van der Waals surface area contributed by atoms with Gasteiger partial charge in [0.05, 0.1) is 12.5 Å². The van der Waals surface area contributed by atoms with Gasteiger partial charge in [-0.1, -0.05) is 79.2 Å². The molecule has 0 aromatic carbocycles. The number of carbonyl (C=O) groups excluding carboxylic acids is 7. The number of carboxylic acids is 2. The zero-order chi connectivity index (χ0) is 42.5. The maximum absolute atomic E-state index is 14.0. The van der Waals surface area contributed by atoms with Crippen LogP contribution < -0.4 is 31.9 Å². The first-order chi connectivity index (χ1) is 26.3. The minimum absolute atomic E-state index is 0.0743. The zero-order valence-corrected chi connectivity index (χ0v) is 33.9. The van der Waals surface area contributed by atoms with Crippen LogP contribution in [-0.4, -0.2) is 99.6 Å². The van der Waals surface area contributed by atoms with Crippen molar-refractivity contribution in [2.24, 2.45) is 17.8 Å². The summed E-state index contributed by atoms with van der Waals surface area (Å²) in [6.45, 7) is 11.7. The molecule has 8 N–H and O–H groups in total. The van der Waals surface area contributed by atoms with E-state index in [0.717, 1.165) is 39.0 Å². The Morgan fingerprint density at radius 1 is 0.643 bits per heavy atom. The van der Waals surface area contributed by atoms with Crippen LogP contribution in [-0.2, 0) is 43.2 Å². The third-order valence-corrected chi connectivity index (χ3v) is 9.81. The van der Waals surface area contributed by atoms with Gasteiger partial charge in [-0.25, -0.2) is 0 Å². The van der Waals surface area contributed by atoms with E-state index in [1.54, 1.807) is 40.7 Å². The van der Waals surface area contributed by atoms with Gasteiger partial charge in [-0.2, -0.15) is 0 Å². The Bertz CT molecular complexity index is 1400. The van der Waals surface area contributed by atoms with Crippen LogP contribution in [0.25, 0.3) is 0 Å². The summed E-state index contributed by atoms with van der Waals surface area (Å²) in [4.78, 5) is 115. The molecule has 0 aromatic rings. The van der Waals surface area contributed by atoms with Crippen molar-refractivity contribution in [1.82, 2.24) is 31.9 Å². The molecule has 0 radical (unpaired) electrons. The summed E-state index contributed by atoms with van der Waals surface area (Å²) < 4.78 is 0. The smallest absolute Gasteiger partial charge is 0.305 e. The molecule has 0 saturated heterocycles. The highest BCUT2D eigenvalue weighted by molar-refractivity contribution is 5.99. The monoisotopic (exact) mass is 792 g/mol. The molecule has 0 aromatic heterocycles.